The Labute approximate surface area is 73.4 Å². The maximum absolute atomic E-state index is 9.60. The van der Waals surface area contributed by atoms with Crippen molar-refractivity contribution < 1.29 is 5.11 Å². The van der Waals surface area contributed by atoms with E-state index in [2.05, 4.69) is 0 Å². The molecule has 0 atom stereocenters. The lowest BCUT2D eigenvalue weighted by Gasteiger charge is -2.02. The minimum atomic E-state index is 0.388. The van der Waals surface area contributed by atoms with Crippen molar-refractivity contribution in [2.75, 3.05) is 0 Å². The molecule has 0 aromatic heterocycles. The van der Waals surface area contributed by atoms with Crippen LogP contribution < -0.4 is 0 Å². The second kappa shape index (κ2) is 3.44. The van der Waals surface area contributed by atoms with Crippen LogP contribution >= 0.6 is 0 Å². The summed E-state index contributed by atoms with van der Waals surface area (Å²) in [6, 6.07) is 5.76. The Hall–Kier alpha value is -1.24. The van der Waals surface area contributed by atoms with Crippen molar-refractivity contribution in [3.63, 3.8) is 0 Å². The van der Waals surface area contributed by atoms with Gasteiger partial charge in [-0.15, -0.1) is 0 Å². The van der Waals surface area contributed by atoms with Crippen LogP contribution in [0, 0.1) is 6.92 Å². The van der Waals surface area contributed by atoms with Gasteiger partial charge in [0.1, 0.15) is 5.75 Å². The predicted octanol–water partition coefficient (Wildman–Crippen LogP) is 3.12. The Morgan fingerprint density at radius 2 is 2.00 bits per heavy atom. The number of phenols is 1. The highest BCUT2D eigenvalue weighted by Crippen LogP contribution is 2.23. The average molecular weight is 162 g/mol. The number of hydrogen-bond acceptors (Lipinski definition) is 1. The second-order valence-corrected chi connectivity index (χ2v) is 3.23. The third-order valence-corrected chi connectivity index (χ3v) is 1.71. The summed E-state index contributed by atoms with van der Waals surface area (Å²) in [6.45, 7) is 5.93. The lowest BCUT2D eigenvalue weighted by atomic mass is 10.1. The number of aromatic hydroxyl groups is 1. The van der Waals surface area contributed by atoms with Gasteiger partial charge in [0, 0.05) is 5.56 Å². The van der Waals surface area contributed by atoms with Crippen LogP contribution in [0.15, 0.2) is 23.8 Å². The molecule has 0 aliphatic heterocycles. The van der Waals surface area contributed by atoms with Gasteiger partial charge in [-0.25, -0.2) is 0 Å². The Morgan fingerprint density at radius 1 is 1.33 bits per heavy atom. The van der Waals surface area contributed by atoms with E-state index in [9.17, 15) is 5.11 Å². The molecule has 1 nitrogen and oxygen atoms in total. The van der Waals surface area contributed by atoms with E-state index in [-0.39, 0.29) is 0 Å². The Morgan fingerprint density at radius 3 is 2.58 bits per heavy atom. The maximum atomic E-state index is 9.60. The quantitative estimate of drug-likeness (QED) is 0.672. The maximum Gasteiger partial charge on any atom is 0.125 e. The normalized spacial score (nSPS) is 9.58. The van der Waals surface area contributed by atoms with Crippen molar-refractivity contribution in [2.45, 2.75) is 20.8 Å². The standard InChI is InChI=1S/C11H14O/c1-8(2)7-10-6-4-5-9(3)11(10)12/h4-7,12H,1-3H3. The van der Waals surface area contributed by atoms with Gasteiger partial charge in [0.2, 0.25) is 0 Å². The van der Waals surface area contributed by atoms with E-state index in [0.29, 0.717) is 5.75 Å². The summed E-state index contributed by atoms with van der Waals surface area (Å²) in [4.78, 5) is 0. The lowest BCUT2D eigenvalue weighted by Crippen LogP contribution is -1.79. The first-order valence-electron chi connectivity index (χ1n) is 4.04. The summed E-state index contributed by atoms with van der Waals surface area (Å²) in [5.74, 6) is 0.388. The van der Waals surface area contributed by atoms with Crippen LogP contribution in [0.1, 0.15) is 25.0 Å². The van der Waals surface area contributed by atoms with Crippen LogP contribution in [0.25, 0.3) is 6.08 Å². The van der Waals surface area contributed by atoms with Crippen LogP contribution in [0.2, 0.25) is 0 Å². The van der Waals surface area contributed by atoms with Gasteiger partial charge in [0.15, 0.2) is 0 Å². The minimum Gasteiger partial charge on any atom is -0.507 e. The van der Waals surface area contributed by atoms with Crippen molar-refractivity contribution in [2.24, 2.45) is 0 Å². The van der Waals surface area contributed by atoms with E-state index in [0.717, 1.165) is 11.1 Å². The van der Waals surface area contributed by atoms with Gasteiger partial charge in [-0.1, -0.05) is 29.8 Å². The van der Waals surface area contributed by atoms with Crippen molar-refractivity contribution in [1.82, 2.24) is 0 Å². The molecule has 0 aliphatic rings. The summed E-state index contributed by atoms with van der Waals surface area (Å²) in [7, 11) is 0. The van der Waals surface area contributed by atoms with Crippen LogP contribution in [-0.2, 0) is 0 Å². The molecule has 0 heterocycles. The van der Waals surface area contributed by atoms with Crippen molar-refractivity contribution in [3.05, 3.63) is 34.9 Å². The fraction of sp³-hybridized carbons (Fsp3) is 0.273. The Balaban J connectivity index is 3.17. The van der Waals surface area contributed by atoms with Crippen molar-refractivity contribution >= 4 is 6.08 Å². The summed E-state index contributed by atoms with van der Waals surface area (Å²) in [5, 5.41) is 9.60. The third-order valence-electron chi connectivity index (χ3n) is 1.71. The molecule has 1 heteroatoms. The van der Waals surface area contributed by atoms with Gasteiger partial charge in [-0.2, -0.15) is 0 Å². The number of hydrogen-bond donors (Lipinski definition) is 1. The van der Waals surface area contributed by atoms with Crippen LogP contribution in [0.5, 0.6) is 5.75 Å². The molecule has 1 aromatic carbocycles. The van der Waals surface area contributed by atoms with Gasteiger partial charge < -0.3 is 5.11 Å². The van der Waals surface area contributed by atoms with Crippen molar-refractivity contribution in [1.29, 1.82) is 0 Å². The fourth-order valence-electron chi connectivity index (χ4n) is 1.11. The van der Waals surface area contributed by atoms with Crippen LogP contribution in [0.4, 0.5) is 0 Å². The van der Waals surface area contributed by atoms with E-state index in [1.165, 1.54) is 5.57 Å². The zero-order valence-corrected chi connectivity index (χ0v) is 7.76. The summed E-state index contributed by atoms with van der Waals surface area (Å²) in [5.41, 5.74) is 3.01. The van der Waals surface area contributed by atoms with Crippen LogP contribution in [-0.4, -0.2) is 5.11 Å². The van der Waals surface area contributed by atoms with E-state index in [1.54, 1.807) is 0 Å². The molecule has 0 amide bonds. The SMILES string of the molecule is CC(C)=Cc1cccc(C)c1O. The zero-order chi connectivity index (χ0) is 9.14. The zero-order valence-electron chi connectivity index (χ0n) is 7.76. The van der Waals surface area contributed by atoms with Gasteiger partial charge in [-0.05, 0) is 26.3 Å². The predicted molar refractivity (Wildman–Crippen MR) is 52.2 cm³/mol. The first-order valence-corrected chi connectivity index (χ1v) is 4.04. The Kier molecular flexibility index (Phi) is 2.54. The molecular formula is C11H14O. The molecule has 0 saturated heterocycles. The monoisotopic (exact) mass is 162 g/mol. The topological polar surface area (TPSA) is 20.2 Å². The number of rotatable bonds is 1. The molecule has 0 fully saturated rings. The molecule has 1 aromatic rings. The summed E-state index contributed by atoms with van der Waals surface area (Å²) >= 11 is 0. The lowest BCUT2D eigenvalue weighted by molar-refractivity contribution is 0.470. The molecule has 1 N–H and O–H groups in total. The second-order valence-electron chi connectivity index (χ2n) is 3.23. The van der Waals surface area contributed by atoms with Gasteiger partial charge in [-0.3, -0.25) is 0 Å². The van der Waals surface area contributed by atoms with Gasteiger partial charge in [0.05, 0.1) is 0 Å². The Bertz CT molecular complexity index is 307. The molecule has 1 rings (SSSR count). The smallest absolute Gasteiger partial charge is 0.125 e. The minimum absolute atomic E-state index is 0.388. The third kappa shape index (κ3) is 1.88. The number of benzene rings is 1. The van der Waals surface area contributed by atoms with Crippen molar-refractivity contribution in [3.8, 4) is 5.75 Å². The van der Waals surface area contributed by atoms with E-state index in [4.69, 9.17) is 0 Å². The first-order chi connectivity index (χ1) is 5.61. The first kappa shape index (κ1) is 8.85. The molecular weight excluding hydrogens is 148 g/mol. The molecule has 0 radical (unpaired) electrons. The molecule has 64 valence electrons. The average Bonchev–Trinajstić information content (AvgIpc) is 1.98. The van der Waals surface area contributed by atoms with Crippen LogP contribution in [0.3, 0.4) is 0 Å². The number of para-hydroxylation sites is 1. The highest BCUT2D eigenvalue weighted by Gasteiger charge is 1.99. The number of allylic oxidation sites excluding steroid dienone is 1. The van der Waals surface area contributed by atoms with E-state index >= 15 is 0 Å². The molecule has 0 unspecified atom stereocenters. The van der Waals surface area contributed by atoms with E-state index in [1.807, 2.05) is 45.0 Å². The fourth-order valence-corrected chi connectivity index (χ4v) is 1.11. The molecule has 0 aliphatic carbocycles. The largest absolute Gasteiger partial charge is 0.507 e. The molecule has 0 bridgehead atoms. The molecule has 12 heavy (non-hydrogen) atoms. The van der Waals surface area contributed by atoms with Gasteiger partial charge >= 0.3 is 0 Å². The molecule has 0 saturated carbocycles. The number of phenolic OH excluding ortho intramolecular Hbond substituents is 1. The van der Waals surface area contributed by atoms with E-state index < -0.39 is 0 Å². The number of aryl methyl sites for hydroxylation is 1. The highest BCUT2D eigenvalue weighted by atomic mass is 16.3. The summed E-state index contributed by atoms with van der Waals surface area (Å²) in [6.07, 6.45) is 1.97. The van der Waals surface area contributed by atoms with Gasteiger partial charge in [0.25, 0.3) is 0 Å². The highest BCUT2D eigenvalue weighted by molar-refractivity contribution is 5.60. The molecule has 0 spiro atoms. The summed E-state index contributed by atoms with van der Waals surface area (Å²) < 4.78 is 0.